The van der Waals surface area contributed by atoms with Crippen molar-refractivity contribution in [3.63, 3.8) is 0 Å². The first kappa shape index (κ1) is 11.5. The molecule has 1 aliphatic heterocycles. The fraction of sp³-hybridized carbons (Fsp3) is 0.294. The number of hydrogen-bond donors (Lipinski definition) is 0. The van der Waals surface area contributed by atoms with Gasteiger partial charge in [-0.3, -0.25) is 4.90 Å². The molecule has 2 aromatic carbocycles. The summed E-state index contributed by atoms with van der Waals surface area (Å²) in [6.45, 7) is 1.16. The predicted molar refractivity (Wildman–Crippen MR) is 79.7 cm³/mol. The van der Waals surface area contributed by atoms with Gasteiger partial charge in [0.25, 0.3) is 0 Å². The van der Waals surface area contributed by atoms with Crippen LogP contribution in [0.2, 0.25) is 5.02 Å². The van der Waals surface area contributed by atoms with Crippen LogP contribution in [0.15, 0.2) is 36.4 Å². The third-order valence-electron chi connectivity index (χ3n) is 4.57. The van der Waals surface area contributed by atoms with Gasteiger partial charge in [-0.05, 0) is 59.8 Å². The molecule has 19 heavy (non-hydrogen) atoms. The molecule has 1 heterocycles. The molecule has 0 radical (unpaired) electrons. The lowest BCUT2D eigenvalue weighted by Crippen LogP contribution is -2.35. The van der Waals surface area contributed by atoms with E-state index in [0.29, 0.717) is 6.04 Å². The fourth-order valence-corrected chi connectivity index (χ4v) is 3.75. The van der Waals surface area contributed by atoms with Gasteiger partial charge < -0.3 is 0 Å². The Morgan fingerprint density at radius 1 is 1.11 bits per heavy atom. The van der Waals surface area contributed by atoms with Crippen molar-refractivity contribution in [1.29, 1.82) is 0 Å². The maximum absolute atomic E-state index is 6.19. The van der Waals surface area contributed by atoms with E-state index in [-0.39, 0.29) is 0 Å². The van der Waals surface area contributed by atoms with E-state index in [0.717, 1.165) is 24.4 Å². The highest BCUT2D eigenvalue weighted by Crippen LogP contribution is 2.45. The molecule has 4 rings (SSSR count). The van der Waals surface area contributed by atoms with E-state index >= 15 is 0 Å². The van der Waals surface area contributed by atoms with Crippen molar-refractivity contribution in [2.24, 2.45) is 0 Å². The number of nitrogens with zero attached hydrogens (tertiary/aromatic N) is 1. The van der Waals surface area contributed by atoms with Gasteiger partial charge in [-0.25, -0.2) is 0 Å². The Labute approximate surface area is 118 Å². The zero-order chi connectivity index (χ0) is 13.0. The lowest BCUT2D eigenvalue weighted by atomic mass is 9.77. The van der Waals surface area contributed by atoms with Gasteiger partial charge in [-0.2, -0.15) is 0 Å². The molecule has 1 atom stereocenters. The molecule has 0 saturated heterocycles. The summed E-state index contributed by atoms with van der Waals surface area (Å²) in [5.74, 6) is 0. The topological polar surface area (TPSA) is 3.24 Å². The van der Waals surface area contributed by atoms with Crippen molar-refractivity contribution < 1.29 is 0 Å². The quantitative estimate of drug-likeness (QED) is 0.696. The average molecular weight is 270 g/mol. The largest absolute Gasteiger partial charge is 0.299 e. The molecule has 0 aromatic heterocycles. The maximum atomic E-state index is 6.19. The van der Waals surface area contributed by atoms with E-state index in [1.165, 1.54) is 27.8 Å². The van der Waals surface area contributed by atoms with Crippen LogP contribution in [0.5, 0.6) is 0 Å². The number of likely N-dealkylation sites (N-methyl/N-ethyl adjacent to an activating group) is 1. The number of halogens is 1. The summed E-state index contributed by atoms with van der Waals surface area (Å²) in [5, 5.41) is 0.832. The summed E-state index contributed by atoms with van der Waals surface area (Å²) in [4.78, 5) is 2.49. The molecule has 96 valence electrons. The standard InChI is InChI=1S/C17H16ClN/c1-19-8-7-11-3-2-4-14-15-10-13(18)6-5-12(15)9-16(19)17(11)14/h2-6,10,16H,7-9H2,1H3/t16-/m0/s1. The van der Waals surface area contributed by atoms with E-state index in [9.17, 15) is 0 Å². The Bertz CT molecular complexity index is 662. The number of benzene rings is 2. The highest BCUT2D eigenvalue weighted by atomic mass is 35.5. The van der Waals surface area contributed by atoms with Gasteiger partial charge in [-0.1, -0.05) is 35.9 Å². The molecule has 0 bridgehead atoms. The minimum atomic E-state index is 0.536. The smallest absolute Gasteiger partial charge is 0.0412 e. The molecular weight excluding hydrogens is 254 g/mol. The minimum absolute atomic E-state index is 0.536. The summed E-state index contributed by atoms with van der Waals surface area (Å²) >= 11 is 6.19. The van der Waals surface area contributed by atoms with Crippen LogP contribution < -0.4 is 0 Å². The van der Waals surface area contributed by atoms with Crippen molar-refractivity contribution >= 4 is 11.6 Å². The lowest BCUT2D eigenvalue weighted by Gasteiger charge is -2.39. The predicted octanol–water partition coefficient (Wildman–Crippen LogP) is 4.09. The maximum Gasteiger partial charge on any atom is 0.0412 e. The molecule has 1 nitrogen and oxygen atoms in total. The molecule has 2 aromatic rings. The molecule has 2 heteroatoms. The molecule has 0 saturated carbocycles. The van der Waals surface area contributed by atoms with Crippen LogP contribution >= 0.6 is 11.6 Å². The third kappa shape index (κ3) is 1.65. The van der Waals surface area contributed by atoms with Crippen molar-refractivity contribution in [3.05, 3.63) is 58.1 Å². The molecule has 0 N–H and O–H groups in total. The second kappa shape index (κ2) is 4.09. The average Bonchev–Trinajstić information content (AvgIpc) is 2.43. The molecule has 2 aliphatic rings. The highest BCUT2D eigenvalue weighted by Gasteiger charge is 2.32. The van der Waals surface area contributed by atoms with E-state index in [1.54, 1.807) is 0 Å². The molecule has 0 fully saturated rings. The Balaban J connectivity index is 2.02. The molecular formula is C17H16ClN. The summed E-state index contributed by atoms with van der Waals surface area (Å²) in [5.41, 5.74) is 7.19. The summed E-state index contributed by atoms with van der Waals surface area (Å²) in [6.07, 6.45) is 2.26. The van der Waals surface area contributed by atoms with Crippen LogP contribution in [-0.2, 0) is 12.8 Å². The second-order valence-electron chi connectivity index (χ2n) is 5.63. The normalized spacial score (nSPS) is 20.8. The van der Waals surface area contributed by atoms with Gasteiger partial charge in [0.2, 0.25) is 0 Å². The van der Waals surface area contributed by atoms with Gasteiger partial charge >= 0.3 is 0 Å². The Morgan fingerprint density at radius 2 is 2.00 bits per heavy atom. The Kier molecular flexibility index (Phi) is 2.48. The van der Waals surface area contributed by atoms with Crippen molar-refractivity contribution in [1.82, 2.24) is 4.90 Å². The number of fused-ring (bicyclic) bond motifs is 2. The first-order valence-corrected chi connectivity index (χ1v) is 7.22. The minimum Gasteiger partial charge on any atom is -0.299 e. The van der Waals surface area contributed by atoms with Crippen LogP contribution in [0.1, 0.15) is 22.7 Å². The fourth-order valence-electron chi connectivity index (χ4n) is 3.58. The lowest BCUT2D eigenvalue weighted by molar-refractivity contribution is 0.228. The van der Waals surface area contributed by atoms with Crippen molar-refractivity contribution in [2.45, 2.75) is 18.9 Å². The first-order chi connectivity index (χ1) is 9.24. The SMILES string of the molecule is CN1CCc2cccc3c2[C@@H]1Cc1ccc(Cl)cc1-3. The van der Waals surface area contributed by atoms with Gasteiger partial charge in [-0.15, -0.1) is 0 Å². The van der Waals surface area contributed by atoms with Gasteiger partial charge in [0.1, 0.15) is 0 Å². The molecule has 0 unspecified atom stereocenters. The van der Waals surface area contributed by atoms with E-state index in [2.05, 4.69) is 42.3 Å². The molecule has 0 amide bonds. The van der Waals surface area contributed by atoms with Crippen LogP contribution in [-0.4, -0.2) is 18.5 Å². The summed E-state index contributed by atoms with van der Waals surface area (Å²) < 4.78 is 0. The molecule has 1 aliphatic carbocycles. The monoisotopic (exact) mass is 269 g/mol. The summed E-state index contributed by atoms with van der Waals surface area (Å²) in [6, 6.07) is 13.6. The number of hydrogen-bond acceptors (Lipinski definition) is 1. The highest BCUT2D eigenvalue weighted by molar-refractivity contribution is 6.30. The molecule has 0 spiro atoms. The van der Waals surface area contributed by atoms with Crippen molar-refractivity contribution in [3.8, 4) is 11.1 Å². The van der Waals surface area contributed by atoms with E-state index in [4.69, 9.17) is 11.6 Å². The van der Waals surface area contributed by atoms with Crippen LogP contribution in [0, 0.1) is 0 Å². The van der Waals surface area contributed by atoms with Gasteiger partial charge in [0.15, 0.2) is 0 Å². The van der Waals surface area contributed by atoms with Crippen LogP contribution in [0.4, 0.5) is 0 Å². The van der Waals surface area contributed by atoms with Crippen LogP contribution in [0.25, 0.3) is 11.1 Å². The zero-order valence-electron chi connectivity index (χ0n) is 11.0. The number of rotatable bonds is 0. The van der Waals surface area contributed by atoms with Gasteiger partial charge in [0, 0.05) is 17.6 Å². The Morgan fingerprint density at radius 3 is 2.89 bits per heavy atom. The Hall–Kier alpha value is -1.31. The van der Waals surface area contributed by atoms with Crippen LogP contribution in [0.3, 0.4) is 0 Å². The van der Waals surface area contributed by atoms with Gasteiger partial charge in [0.05, 0.1) is 0 Å². The second-order valence-corrected chi connectivity index (χ2v) is 6.07. The zero-order valence-corrected chi connectivity index (χ0v) is 11.7. The van der Waals surface area contributed by atoms with Crippen molar-refractivity contribution in [2.75, 3.05) is 13.6 Å². The van der Waals surface area contributed by atoms with E-state index < -0.39 is 0 Å². The summed E-state index contributed by atoms with van der Waals surface area (Å²) in [7, 11) is 2.24. The third-order valence-corrected chi connectivity index (χ3v) is 4.81. The van der Waals surface area contributed by atoms with E-state index in [1.807, 2.05) is 6.07 Å². The first-order valence-electron chi connectivity index (χ1n) is 6.85.